The fourth-order valence-electron chi connectivity index (χ4n) is 1.74. The van der Waals surface area contributed by atoms with Crippen molar-refractivity contribution >= 4 is 0 Å². The Balaban J connectivity index is 2.29. The van der Waals surface area contributed by atoms with Crippen molar-refractivity contribution in [3.63, 3.8) is 0 Å². The monoisotopic (exact) mass is 245 g/mol. The van der Waals surface area contributed by atoms with Crippen molar-refractivity contribution in [2.75, 3.05) is 7.05 Å². The highest BCUT2D eigenvalue weighted by molar-refractivity contribution is 5.39. The van der Waals surface area contributed by atoms with Crippen molar-refractivity contribution in [2.45, 2.75) is 13.0 Å². The summed E-state index contributed by atoms with van der Waals surface area (Å²) in [5.74, 6) is 0.947. The van der Waals surface area contributed by atoms with Crippen LogP contribution in [0.2, 0.25) is 0 Å². The van der Waals surface area contributed by atoms with Gasteiger partial charge in [-0.3, -0.25) is 0 Å². The lowest BCUT2D eigenvalue weighted by molar-refractivity contribution is 0.461. The summed E-state index contributed by atoms with van der Waals surface area (Å²) >= 11 is 0. The fourth-order valence-corrected chi connectivity index (χ4v) is 1.74. The summed E-state index contributed by atoms with van der Waals surface area (Å²) in [7, 11) is 1.89. The zero-order chi connectivity index (χ0) is 13.0. The number of halogens is 1. The maximum Gasteiger partial charge on any atom is 0.132 e. The molecule has 0 fully saturated rings. The molecule has 0 saturated carbocycles. The number of hydrogen-bond acceptors (Lipinski definition) is 2. The molecule has 0 heterocycles. The van der Waals surface area contributed by atoms with Crippen LogP contribution < -0.4 is 10.1 Å². The van der Waals surface area contributed by atoms with E-state index in [0.717, 1.165) is 11.3 Å². The third-order valence-corrected chi connectivity index (χ3v) is 2.84. The Hall–Kier alpha value is -1.87. The molecule has 18 heavy (non-hydrogen) atoms. The zero-order valence-corrected chi connectivity index (χ0v) is 10.5. The highest BCUT2D eigenvalue weighted by atomic mass is 19.1. The van der Waals surface area contributed by atoms with Crippen molar-refractivity contribution in [3.05, 3.63) is 59.9 Å². The molecule has 0 aliphatic rings. The minimum absolute atomic E-state index is 0.176. The van der Waals surface area contributed by atoms with E-state index in [2.05, 4.69) is 5.32 Å². The number of ether oxygens (including phenoxy) is 1. The highest BCUT2D eigenvalue weighted by Gasteiger charge is 2.10. The lowest BCUT2D eigenvalue weighted by Crippen LogP contribution is -2.13. The van der Waals surface area contributed by atoms with E-state index in [4.69, 9.17) is 4.74 Å². The van der Waals surface area contributed by atoms with Gasteiger partial charge in [0.2, 0.25) is 0 Å². The molecule has 0 aromatic heterocycles. The van der Waals surface area contributed by atoms with Gasteiger partial charge in [0.25, 0.3) is 0 Å². The Morgan fingerprint density at radius 3 is 2.61 bits per heavy atom. The topological polar surface area (TPSA) is 21.3 Å². The first-order valence-electron chi connectivity index (χ1n) is 5.90. The number of nitrogens with one attached hydrogen (secondary N) is 1. The minimum atomic E-state index is -0.299. The molecule has 2 rings (SSSR count). The molecule has 1 atom stereocenters. The van der Waals surface area contributed by atoms with Crippen molar-refractivity contribution < 1.29 is 9.13 Å². The summed E-state index contributed by atoms with van der Waals surface area (Å²) in [4.78, 5) is 0. The van der Waals surface area contributed by atoms with E-state index in [0.29, 0.717) is 5.75 Å². The molecule has 0 amide bonds. The van der Waals surface area contributed by atoms with Crippen LogP contribution in [0.1, 0.15) is 18.5 Å². The number of hydrogen-bond donors (Lipinski definition) is 1. The summed E-state index contributed by atoms with van der Waals surface area (Å²) in [6.07, 6.45) is 0. The molecule has 2 aromatic carbocycles. The molecule has 3 heteroatoms. The Bertz CT molecular complexity index is 527. The normalized spacial score (nSPS) is 12.2. The Morgan fingerprint density at radius 1 is 1.11 bits per heavy atom. The van der Waals surface area contributed by atoms with Gasteiger partial charge >= 0.3 is 0 Å². The van der Waals surface area contributed by atoms with Gasteiger partial charge in [0.15, 0.2) is 0 Å². The van der Waals surface area contributed by atoms with E-state index in [1.165, 1.54) is 12.1 Å². The third kappa shape index (κ3) is 2.87. The van der Waals surface area contributed by atoms with Gasteiger partial charge in [-0.2, -0.15) is 0 Å². The van der Waals surface area contributed by atoms with Gasteiger partial charge in [0.05, 0.1) is 0 Å². The standard InChI is InChI=1S/C15H16FNO/c1-11(17-2)14-8-3-4-9-15(14)18-13-7-5-6-12(16)10-13/h3-11,17H,1-2H3. The van der Waals surface area contributed by atoms with Crippen LogP contribution in [-0.4, -0.2) is 7.05 Å². The summed E-state index contributed by atoms with van der Waals surface area (Å²) in [6, 6.07) is 14.1. The quantitative estimate of drug-likeness (QED) is 0.882. The van der Waals surface area contributed by atoms with Crippen molar-refractivity contribution in [1.29, 1.82) is 0 Å². The van der Waals surface area contributed by atoms with E-state index < -0.39 is 0 Å². The van der Waals surface area contributed by atoms with E-state index in [-0.39, 0.29) is 11.9 Å². The fraction of sp³-hybridized carbons (Fsp3) is 0.200. The molecule has 0 radical (unpaired) electrons. The first kappa shape index (κ1) is 12.6. The first-order chi connectivity index (χ1) is 8.70. The molecular weight excluding hydrogens is 229 g/mol. The Kier molecular flexibility index (Phi) is 3.95. The average Bonchev–Trinajstić information content (AvgIpc) is 2.38. The van der Waals surface area contributed by atoms with Gasteiger partial charge in [0.1, 0.15) is 17.3 Å². The molecule has 94 valence electrons. The maximum absolute atomic E-state index is 13.1. The lowest BCUT2D eigenvalue weighted by Gasteiger charge is -2.16. The Morgan fingerprint density at radius 2 is 1.89 bits per heavy atom. The zero-order valence-electron chi connectivity index (χ0n) is 10.5. The summed E-state index contributed by atoms with van der Waals surface area (Å²) in [6.45, 7) is 2.05. The lowest BCUT2D eigenvalue weighted by atomic mass is 10.1. The van der Waals surface area contributed by atoms with Crippen LogP contribution in [0.25, 0.3) is 0 Å². The number of rotatable bonds is 4. The number of para-hydroxylation sites is 1. The van der Waals surface area contributed by atoms with Crippen molar-refractivity contribution in [2.24, 2.45) is 0 Å². The minimum Gasteiger partial charge on any atom is -0.457 e. The van der Waals surface area contributed by atoms with Gasteiger partial charge in [-0.1, -0.05) is 24.3 Å². The molecule has 0 aliphatic carbocycles. The second-order valence-corrected chi connectivity index (χ2v) is 4.11. The smallest absolute Gasteiger partial charge is 0.132 e. The van der Waals surface area contributed by atoms with Crippen LogP contribution in [0.4, 0.5) is 4.39 Å². The van der Waals surface area contributed by atoms with E-state index in [9.17, 15) is 4.39 Å². The van der Waals surface area contributed by atoms with Crippen LogP contribution in [-0.2, 0) is 0 Å². The SMILES string of the molecule is CNC(C)c1ccccc1Oc1cccc(F)c1. The predicted octanol–water partition coefficient (Wildman–Crippen LogP) is 3.90. The Labute approximate surface area is 106 Å². The average molecular weight is 245 g/mol. The second-order valence-electron chi connectivity index (χ2n) is 4.11. The van der Waals surface area contributed by atoms with Gasteiger partial charge in [-0.05, 0) is 32.2 Å². The van der Waals surface area contributed by atoms with Crippen LogP contribution in [0.5, 0.6) is 11.5 Å². The first-order valence-corrected chi connectivity index (χ1v) is 5.90. The molecule has 0 bridgehead atoms. The van der Waals surface area contributed by atoms with E-state index >= 15 is 0 Å². The third-order valence-electron chi connectivity index (χ3n) is 2.84. The molecule has 0 aliphatic heterocycles. The van der Waals surface area contributed by atoms with Crippen LogP contribution in [0, 0.1) is 5.82 Å². The predicted molar refractivity (Wildman–Crippen MR) is 70.4 cm³/mol. The van der Waals surface area contributed by atoms with E-state index in [1.54, 1.807) is 12.1 Å². The summed E-state index contributed by atoms with van der Waals surface area (Å²) in [5, 5.41) is 3.16. The van der Waals surface area contributed by atoms with Gasteiger partial charge in [0, 0.05) is 17.7 Å². The highest BCUT2D eigenvalue weighted by Crippen LogP contribution is 2.29. The van der Waals surface area contributed by atoms with Crippen molar-refractivity contribution in [1.82, 2.24) is 5.32 Å². The second kappa shape index (κ2) is 5.65. The van der Waals surface area contributed by atoms with Crippen LogP contribution in [0.3, 0.4) is 0 Å². The van der Waals surface area contributed by atoms with Crippen molar-refractivity contribution in [3.8, 4) is 11.5 Å². The van der Waals surface area contributed by atoms with Gasteiger partial charge in [-0.15, -0.1) is 0 Å². The maximum atomic E-state index is 13.1. The molecule has 2 nitrogen and oxygen atoms in total. The van der Waals surface area contributed by atoms with E-state index in [1.807, 2.05) is 38.2 Å². The molecule has 1 N–H and O–H groups in total. The summed E-state index contributed by atoms with van der Waals surface area (Å²) in [5.41, 5.74) is 1.05. The van der Waals surface area contributed by atoms with Gasteiger partial charge in [-0.25, -0.2) is 4.39 Å². The molecular formula is C15H16FNO. The molecule has 0 spiro atoms. The van der Waals surface area contributed by atoms with Crippen LogP contribution >= 0.6 is 0 Å². The van der Waals surface area contributed by atoms with Crippen LogP contribution in [0.15, 0.2) is 48.5 Å². The molecule has 1 unspecified atom stereocenters. The molecule has 0 saturated heterocycles. The molecule has 2 aromatic rings. The number of benzene rings is 2. The summed E-state index contributed by atoms with van der Waals surface area (Å²) < 4.78 is 18.8. The largest absolute Gasteiger partial charge is 0.457 e. The van der Waals surface area contributed by atoms with Gasteiger partial charge < -0.3 is 10.1 Å².